The number of methoxy groups -OCH3 is 1. The highest BCUT2D eigenvalue weighted by Gasteiger charge is 2.41. The van der Waals surface area contributed by atoms with Gasteiger partial charge in [-0.3, -0.25) is 14.3 Å². The van der Waals surface area contributed by atoms with E-state index in [1.807, 2.05) is 5.32 Å². The first-order chi connectivity index (χ1) is 11.3. The van der Waals surface area contributed by atoms with Crippen LogP contribution in [-0.4, -0.2) is 28.7 Å². The number of nitrogens with zero attached hydrogens (tertiary/aromatic N) is 2. The van der Waals surface area contributed by atoms with Gasteiger partial charge in [-0.2, -0.15) is 13.9 Å². The van der Waals surface area contributed by atoms with Crippen molar-refractivity contribution >= 4 is 17.5 Å². The number of primary amides is 1. The smallest absolute Gasteiger partial charge is 0.350 e. The normalized spacial score (nSPS) is 11.2. The van der Waals surface area contributed by atoms with E-state index in [2.05, 4.69) is 5.10 Å². The highest BCUT2D eigenvalue weighted by atomic mass is 19.3. The largest absolute Gasteiger partial charge is 0.497 e. The van der Waals surface area contributed by atoms with Crippen LogP contribution in [-0.2, 0) is 17.3 Å². The molecule has 7 nitrogen and oxygen atoms in total. The molecule has 1 aromatic carbocycles. The van der Waals surface area contributed by atoms with Crippen LogP contribution < -0.4 is 15.8 Å². The summed E-state index contributed by atoms with van der Waals surface area (Å²) < 4.78 is 34.8. The maximum atomic E-state index is 14.3. The van der Waals surface area contributed by atoms with Crippen molar-refractivity contribution in [1.29, 1.82) is 0 Å². The monoisotopic (exact) mass is 338 g/mol. The van der Waals surface area contributed by atoms with Gasteiger partial charge < -0.3 is 15.8 Å². The first-order valence-electron chi connectivity index (χ1n) is 7.00. The van der Waals surface area contributed by atoms with E-state index in [-0.39, 0.29) is 11.4 Å². The first kappa shape index (κ1) is 17.4. The van der Waals surface area contributed by atoms with Gasteiger partial charge in [0.1, 0.15) is 5.75 Å². The molecule has 0 aliphatic rings. The number of amides is 2. The molecule has 128 valence electrons. The summed E-state index contributed by atoms with van der Waals surface area (Å²) in [5.41, 5.74) is 4.19. The zero-order valence-electron chi connectivity index (χ0n) is 13.0. The average molecular weight is 338 g/mol. The Morgan fingerprint density at radius 2 is 1.96 bits per heavy atom. The lowest BCUT2D eigenvalue weighted by molar-refractivity contribution is -0.140. The molecule has 0 bridgehead atoms. The van der Waals surface area contributed by atoms with Gasteiger partial charge in [-0.1, -0.05) is 0 Å². The molecule has 0 aliphatic carbocycles. The fourth-order valence-electron chi connectivity index (χ4n) is 1.99. The lowest BCUT2D eigenvalue weighted by atomic mass is 10.1. The minimum absolute atomic E-state index is 0.164. The Labute approximate surface area is 136 Å². The Hall–Kier alpha value is -2.97. The van der Waals surface area contributed by atoms with Gasteiger partial charge in [0.2, 0.25) is 0 Å². The standard InChI is InChI=1S/C15H16F2N4O3/c1-3-21-8-11(12(20-21)13(18)22)19-14(23)15(16,17)9-4-6-10(24-2)7-5-9/h4-8H,3H2,1-2H3,(H2,18,22)(H,19,23). The number of nitrogens with two attached hydrogens (primary N) is 1. The van der Waals surface area contributed by atoms with Gasteiger partial charge in [0, 0.05) is 18.3 Å². The maximum Gasteiger partial charge on any atom is 0.350 e. The number of rotatable bonds is 6. The molecule has 0 unspecified atom stereocenters. The summed E-state index contributed by atoms with van der Waals surface area (Å²) in [6, 6.07) is 4.81. The molecule has 0 saturated carbocycles. The molecule has 2 rings (SSSR count). The van der Waals surface area contributed by atoms with E-state index < -0.39 is 23.3 Å². The number of halogens is 2. The van der Waals surface area contributed by atoms with Crippen LogP contribution >= 0.6 is 0 Å². The van der Waals surface area contributed by atoms with Gasteiger partial charge >= 0.3 is 5.92 Å². The SMILES string of the molecule is CCn1cc(NC(=O)C(F)(F)c2ccc(OC)cc2)c(C(N)=O)n1. The molecule has 0 fully saturated rings. The van der Waals surface area contributed by atoms with Crippen LogP contribution in [0.4, 0.5) is 14.5 Å². The number of nitrogens with one attached hydrogen (secondary N) is 1. The van der Waals surface area contributed by atoms with Gasteiger partial charge in [-0.15, -0.1) is 0 Å². The summed E-state index contributed by atoms with van der Waals surface area (Å²) in [5.74, 6) is -5.94. The maximum absolute atomic E-state index is 14.3. The third kappa shape index (κ3) is 3.34. The fraction of sp³-hybridized carbons (Fsp3) is 0.267. The van der Waals surface area contributed by atoms with Crippen molar-refractivity contribution in [2.75, 3.05) is 12.4 Å². The van der Waals surface area contributed by atoms with Crippen molar-refractivity contribution < 1.29 is 23.1 Å². The Bertz CT molecular complexity index is 757. The molecule has 3 N–H and O–H groups in total. The average Bonchev–Trinajstić information content (AvgIpc) is 2.98. The Morgan fingerprint density at radius 1 is 1.33 bits per heavy atom. The van der Waals surface area contributed by atoms with Crippen molar-refractivity contribution in [2.24, 2.45) is 5.73 Å². The van der Waals surface area contributed by atoms with E-state index in [1.54, 1.807) is 6.92 Å². The van der Waals surface area contributed by atoms with E-state index in [0.717, 1.165) is 12.1 Å². The van der Waals surface area contributed by atoms with Crippen molar-refractivity contribution in [3.63, 3.8) is 0 Å². The molecule has 0 spiro atoms. The summed E-state index contributed by atoms with van der Waals surface area (Å²) in [5, 5.41) is 5.83. The lowest BCUT2D eigenvalue weighted by Crippen LogP contribution is -2.32. The number of hydrogen-bond donors (Lipinski definition) is 2. The van der Waals surface area contributed by atoms with Crippen molar-refractivity contribution in [1.82, 2.24) is 9.78 Å². The number of benzene rings is 1. The minimum atomic E-state index is -3.81. The van der Waals surface area contributed by atoms with Gasteiger partial charge in [0.25, 0.3) is 11.8 Å². The van der Waals surface area contributed by atoms with Crippen LogP contribution in [0.5, 0.6) is 5.75 Å². The lowest BCUT2D eigenvalue weighted by Gasteiger charge is -2.16. The van der Waals surface area contributed by atoms with Crippen LogP contribution in [0.1, 0.15) is 23.0 Å². The van der Waals surface area contributed by atoms with Crippen LogP contribution in [0, 0.1) is 0 Å². The molecular weight excluding hydrogens is 322 g/mol. The van der Waals surface area contributed by atoms with Crippen molar-refractivity contribution in [2.45, 2.75) is 19.4 Å². The van der Waals surface area contributed by atoms with Crippen molar-refractivity contribution in [3.8, 4) is 5.75 Å². The van der Waals surface area contributed by atoms with Gasteiger partial charge in [0.15, 0.2) is 5.69 Å². The molecule has 0 aliphatic heterocycles. The van der Waals surface area contributed by atoms with Crippen LogP contribution in [0.25, 0.3) is 0 Å². The van der Waals surface area contributed by atoms with Crippen LogP contribution in [0.3, 0.4) is 0 Å². The molecule has 0 saturated heterocycles. The van der Waals surface area contributed by atoms with E-state index in [4.69, 9.17) is 10.5 Å². The number of aryl methyl sites for hydroxylation is 1. The minimum Gasteiger partial charge on any atom is -0.497 e. The van der Waals surface area contributed by atoms with Gasteiger partial charge in [-0.25, -0.2) is 0 Å². The summed E-state index contributed by atoms with van der Waals surface area (Å²) in [6.45, 7) is 2.11. The first-order valence-corrected chi connectivity index (χ1v) is 7.00. The number of alkyl halides is 2. The van der Waals surface area contributed by atoms with E-state index in [1.165, 1.54) is 30.1 Å². The summed E-state index contributed by atoms with van der Waals surface area (Å²) >= 11 is 0. The third-order valence-corrected chi connectivity index (χ3v) is 3.31. The number of hydrogen-bond acceptors (Lipinski definition) is 4. The molecule has 24 heavy (non-hydrogen) atoms. The highest BCUT2D eigenvalue weighted by molar-refractivity contribution is 6.03. The molecule has 1 heterocycles. The number of anilines is 1. The molecule has 0 radical (unpaired) electrons. The molecule has 1 aromatic heterocycles. The second-order valence-corrected chi connectivity index (χ2v) is 4.87. The second-order valence-electron chi connectivity index (χ2n) is 4.87. The zero-order chi connectivity index (χ0) is 17.9. The van der Waals surface area contributed by atoms with Crippen molar-refractivity contribution in [3.05, 3.63) is 41.7 Å². The topological polar surface area (TPSA) is 99.2 Å². The second kappa shape index (κ2) is 6.65. The summed E-state index contributed by atoms with van der Waals surface area (Å²) in [6.07, 6.45) is 1.27. The van der Waals surface area contributed by atoms with Crippen LogP contribution in [0.2, 0.25) is 0 Å². The zero-order valence-corrected chi connectivity index (χ0v) is 13.0. The number of carbonyl (C=O) groups excluding carboxylic acids is 2. The number of aromatic nitrogens is 2. The number of ether oxygens (including phenoxy) is 1. The predicted octanol–water partition coefficient (Wildman–Crippen LogP) is 1.74. The summed E-state index contributed by atoms with van der Waals surface area (Å²) in [7, 11) is 1.40. The Balaban J connectivity index is 2.27. The highest BCUT2D eigenvalue weighted by Crippen LogP contribution is 2.31. The van der Waals surface area contributed by atoms with Gasteiger partial charge in [0.05, 0.1) is 12.8 Å². The molecule has 0 atom stereocenters. The molecule has 2 aromatic rings. The molecular formula is C15H16F2N4O3. The van der Waals surface area contributed by atoms with E-state index in [0.29, 0.717) is 12.3 Å². The van der Waals surface area contributed by atoms with E-state index >= 15 is 0 Å². The fourth-order valence-corrected chi connectivity index (χ4v) is 1.99. The summed E-state index contributed by atoms with van der Waals surface area (Å²) in [4.78, 5) is 23.3. The van der Waals surface area contributed by atoms with Crippen LogP contribution in [0.15, 0.2) is 30.5 Å². The Morgan fingerprint density at radius 3 is 2.46 bits per heavy atom. The number of carbonyl (C=O) groups is 2. The quantitative estimate of drug-likeness (QED) is 0.838. The predicted molar refractivity (Wildman–Crippen MR) is 81.9 cm³/mol. The molecule has 2 amide bonds. The molecule has 9 heteroatoms. The van der Waals surface area contributed by atoms with Gasteiger partial charge in [-0.05, 0) is 31.2 Å². The Kier molecular flexibility index (Phi) is 4.82. The third-order valence-electron chi connectivity index (χ3n) is 3.31. The van der Waals surface area contributed by atoms with E-state index in [9.17, 15) is 18.4 Å².